The van der Waals surface area contributed by atoms with Crippen molar-refractivity contribution in [3.8, 4) is 0 Å². The number of carboxylic acids is 1. The lowest BCUT2D eigenvalue weighted by molar-refractivity contribution is -0.136. The molecule has 2 N–H and O–H groups in total. The van der Waals surface area contributed by atoms with Crippen LogP contribution in [0.5, 0.6) is 0 Å². The number of nitrogens with one attached hydrogen (secondary N) is 1. The molecule has 0 radical (unpaired) electrons. The Hall–Kier alpha value is -2.04. The fourth-order valence-electron chi connectivity index (χ4n) is 3.99. The van der Waals surface area contributed by atoms with Crippen LogP contribution in [0.25, 0.3) is 0 Å². The van der Waals surface area contributed by atoms with E-state index < -0.39 is 5.97 Å². The van der Waals surface area contributed by atoms with Crippen molar-refractivity contribution in [1.29, 1.82) is 0 Å². The minimum atomic E-state index is -0.898. The SMILES string of the molecule is C[C@@]12CCCC[C@@H]1N(C(=O)NCCC(=O)O)c1ccccc12. The zero-order valence-electron chi connectivity index (χ0n) is 12.8. The third-order valence-electron chi connectivity index (χ3n) is 5.08. The van der Waals surface area contributed by atoms with Crippen molar-refractivity contribution in [2.45, 2.75) is 50.5 Å². The molecule has 1 fully saturated rings. The molecule has 1 aliphatic heterocycles. The molecule has 118 valence electrons. The van der Waals surface area contributed by atoms with Crippen molar-refractivity contribution in [3.05, 3.63) is 29.8 Å². The summed E-state index contributed by atoms with van der Waals surface area (Å²) < 4.78 is 0. The summed E-state index contributed by atoms with van der Waals surface area (Å²) in [7, 11) is 0. The molecule has 2 atom stereocenters. The van der Waals surface area contributed by atoms with Crippen LogP contribution in [-0.4, -0.2) is 29.7 Å². The number of carbonyl (C=O) groups excluding carboxylic acids is 1. The molecule has 0 unspecified atom stereocenters. The lowest BCUT2D eigenvalue weighted by Crippen LogP contribution is -2.51. The Labute approximate surface area is 130 Å². The molecule has 0 aromatic heterocycles. The van der Waals surface area contributed by atoms with Gasteiger partial charge in [0.1, 0.15) is 0 Å². The second-order valence-electron chi connectivity index (χ2n) is 6.44. The van der Waals surface area contributed by atoms with Gasteiger partial charge in [0.25, 0.3) is 0 Å². The van der Waals surface area contributed by atoms with Crippen molar-refractivity contribution in [2.75, 3.05) is 11.4 Å². The molecule has 0 bridgehead atoms. The summed E-state index contributed by atoms with van der Waals surface area (Å²) in [6.07, 6.45) is 4.36. The fourth-order valence-corrected chi connectivity index (χ4v) is 3.99. The van der Waals surface area contributed by atoms with E-state index in [1.54, 1.807) is 0 Å². The molecule has 1 heterocycles. The molecule has 2 amide bonds. The molecular formula is C17H22N2O3. The maximum absolute atomic E-state index is 12.6. The largest absolute Gasteiger partial charge is 0.481 e. The van der Waals surface area contributed by atoms with Gasteiger partial charge >= 0.3 is 12.0 Å². The summed E-state index contributed by atoms with van der Waals surface area (Å²) in [6.45, 7) is 2.41. The van der Waals surface area contributed by atoms with Gasteiger partial charge in [-0.2, -0.15) is 0 Å². The van der Waals surface area contributed by atoms with Crippen LogP contribution in [0, 0.1) is 0 Å². The molecule has 5 heteroatoms. The Balaban J connectivity index is 1.87. The molecule has 0 saturated heterocycles. The molecular weight excluding hydrogens is 280 g/mol. The highest BCUT2D eigenvalue weighted by Crippen LogP contribution is 2.51. The Morgan fingerprint density at radius 2 is 2.14 bits per heavy atom. The van der Waals surface area contributed by atoms with Crippen molar-refractivity contribution in [3.63, 3.8) is 0 Å². The Bertz CT molecular complexity index is 601. The van der Waals surface area contributed by atoms with Crippen LogP contribution in [0.3, 0.4) is 0 Å². The average Bonchev–Trinajstić information content (AvgIpc) is 2.76. The van der Waals surface area contributed by atoms with Crippen LogP contribution in [0.15, 0.2) is 24.3 Å². The Morgan fingerprint density at radius 3 is 2.91 bits per heavy atom. The van der Waals surface area contributed by atoms with Gasteiger partial charge in [-0.05, 0) is 24.5 Å². The number of amides is 2. The number of nitrogens with zero attached hydrogens (tertiary/aromatic N) is 1. The summed E-state index contributed by atoms with van der Waals surface area (Å²) >= 11 is 0. The van der Waals surface area contributed by atoms with Crippen LogP contribution in [0.2, 0.25) is 0 Å². The first-order chi connectivity index (χ1) is 10.5. The number of anilines is 1. The second-order valence-corrected chi connectivity index (χ2v) is 6.44. The van der Waals surface area contributed by atoms with E-state index in [0.29, 0.717) is 0 Å². The number of carbonyl (C=O) groups is 2. The smallest absolute Gasteiger partial charge is 0.322 e. The standard InChI is InChI=1S/C17H22N2O3/c1-17-10-5-4-8-14(17)19(13-7-3-2-6-12(13)17)16(22)18-11-9-15(20)21/h2-3,6-7,14H,4-5,8-11H2,1H3,(H,18,22)(H,20,21)/t14-,17-/m0/s1. The van der Waals surface area contributed by atoms with E-state index >= 15 is 0 Å². The highest BCUT2D eigenvalue weighted by Gasteiger charge is 2.50. The van der Waals surface area contributed by atoms with Gasteiger partial charge in [-0.1, -0.05) is 38.0 Å². The molecule has 22 heavy (non-hydrogen) atoms. The van der Waals surface area contributed by atoms with Gasteiger partial charge in [-0.25, -0.2) is 4.79 Å². The van der Waals surface area contributed by atoms with Gasteiger partial charge < -0.3 is 10.4 Å². The average molecular weight is 302 g/mol. The summed E-state index contributed by atoms with van der Waals surface area (Å²) in [5.41, 5.74) is 2.23. The lowest BCUT2D eigenvalue weighted by atomic mass is 9.69. The third-order valence-corrected chi connectivity index (χ3v) is 5.08. The summed E-state index contributed by atoms with van der Waals surface area (Å²) in [5.74, 6) is -0.898. The lowest BCUT2D eigenvalue weighted by Gasteiger charge is -2.39. The first-order valence-corrected chi connectivity index (χ1v) is 7.92. The third kappa shape index (κ3) is 2.34. The first-order valence-electron chi connectivity index (χ1n) is 7.92. The van der Waals surface area contributed by atoms with E-state index in [4.69, 9.17) is 5.11 Å². The summed E-state index contributed by atoms with van der Waals surface area (Å²) in [4.78, 5) is 25.1. The molecule has 5 nitrogen and oxygen atoms in total. The highest BCUT2D eigenvalue weighted by molar-refractivity contribution is 5.96. The first kappa shape index (κ1) is 14.9. The van der Waals surface area contributed by atoms with E-state index in [-0.39, 0.29) is 30.5 Å². The second kappa shape index (κ2) is 5.63. The number of rotatable bonds is 3. The number of carboxylic acid groups (broad SMARTS) is 1. The van der Waals surface area contributed by atoms with Crippen LogP contribution in [-0.2, 0) is 10.2 Å². The molecule has 3 rings (SSSR count). The van der Waals surface area contributed by atoms with Crippen LogP contribution >= 0.6 is 0 Å². The Kier molecular flexibility index (Phi) is 3.81. The maximum Gasteiger partial charge on any atom is 0.322 e. The molecule has 1 aromatic rings. The Morgan fingerprint density at radius 1 is 1.36 bits per heavy atom. The predicted octanol–water partition coefficient (Wildman–Crippen LogP) is 2.89. The number of hydrogen-bond donors (Lipinski definition) is 2. The highest BCUT2D eigenvalue weighted by atomic mass is 16.4. The zero-order valence-corrected chi connectivity index (χ0v) is 12.8. The normalized spacial score (nSPS) is 26.2. The monoisotopic (exact) mass is 302 g/mol. The fraction of sp³-hybridized carbons (Fsp3) is 0.529. The summed E-state index contributed by atoms with van der Waals surface area (Å²) in [5, 5.41) is 11.5. The van der Waals surface area contributed by atoms with Crippen LogP contribution in [0.4, 0.5) is 10.5 Å². The van der Waals surface area contributed by atoms with Crippen molar-refractivity contribution in [1.82, 2.24) is 5.32 Å². The molecule has 1 aliphatic carbocycles. The minimum absolute atomic E-state index is 0.0129. The van der Waals surface area contributed by atoms with Gasteiger partial charge in [0, 0.05) is 23.7 Å². The predicted molar refractivity (Wildman–Crippen MR) is 84.2 cm³/mol. The number of benzene rings is 1. The van der Waals surface area contributed by atoms with Crippen molar-refractivity contribution >= 4 is 17.7 Å². The quantitative estimate of drug-likeness (QED) is 0.902. The number of aliphatic carboxylic acids is 1. The van der Waals surface area contributed by atoms with E-state index in [1.807, 2.05) is 23.1 Å². The number of para-hydroxylation sites is 1. The van der Waals surface area contributed by atoms with Gasteiger partial charge in [0.05, 0.1) is 6.42 Å². The molecule has 2 aliphatic rings. The van der Waals surface area contributed by atoms with Crippen LogP contribution in [0.1, 0.15) is 44.6 Å². The zero-order chi connectivity index (χ0) is 15.7. The van der Waals surface area contributed by atoms with Crippen LogP contribution < -0.4 is 10.2 Å². The number of hydrogen-bond acceptors (Lipinski definition) is 2. The molecule has 1 aromatic carbocycles. The van der Waals surface area contributed by atoms with E-state index in [2.05, 4.69) is 18.3 Å². The maximum atomic E-state index is 12.6. The minimum Gasteiger partial charge on any atom is -0.481 e. The van der Waals surface area contributed by atoms with Gasteiger partial charge in [-0.3, -0.25) is 9.69 Å². The number of fused-ring (bicyclic) bond motifs is 3. The van der Waals surface area contributed by atoms with E-state index in [9.17, 15) is 9.59 Å². The van der Waals surface area contributed by atoms with Gasteiger partial charge in [0.15, 0.2) is 0 Å². The molecule has 0 spiro atoms. The summed E-state index contributed by atoms with van der Waals surface area (Å²) in [6, 6.07) is 8.10. The van der Waals surface area contributed by atoms with E-state index in [1.165, 1.54) is 12.0 Å². The van der Waals surface area contributed by atoms with Crippen molar-refractivity contribution in [2.24, 2.45) is 0 Å². The van der Waals surface area contributed by atoms with E-state index in [0.717, 1.165) is 24.9 Å². The topological polar surface area (TPSA) is 69.6 Å². The number of urea groups is 1. The molecule has 1 saturated carbocycles. The van der Waals surface area contributed by atoms with Gasteiger partial charge in [0.2, 0.25) is 0 Å². The van der Waals surface area contributed by atoms with Crippen molar-refractivity contribution < 1.29 is 14.7 Å². The van der Waals surface area contributed by atoms with Gasteiger partial charge in [-0.15, -0.1) is 0 Å².